The smallest absolute Gasteiger partial charge is 0.435 e. The van der Waals surface area contributed by atoms with Gasteiger partial charge in [0.1, 0.15) is 17.6 Å². The minimum Gasteiger partial charge on any atom is -0.497 e. The largest absolute Gasteiger partial charge is 0.497 e. The number of nitrogens with zero attached hydrogens (tertiary/aromatic N) is 2. The van der Waals surface area contributed by atoms with E-state index in [0.29, 0.717) is 11.3 Å². The summed E-state index contributed by atoms with van der Waals surface area (Å²) in [5.41, 5.74) is -0.720. The molecule has 1 N–H and O–H groups in total. The molecule has 1 unspecified atom stereocenters. The van der Waals surface area contributed by atoms with Crippen molar-refractivity contribution in [1.82, 2.24) is 9.78 Å². The maximum atomic E-state index is 13.7. The first-order valence-corrected chi connectivity index (χ1v) is 11.7. The van der Waals surface area contributed by atoms with Gasteiger partial charge >= 0.3 is 6.18 Å². The summed E-state index contributed by atoms with van der Waals surface area (Å²) in [6.07, 6.45) is -4.73. The van der Waals surface area contributed by atoms with E-state index in [0.717, 1.165) is 10.7 Å². The monoisotopic (exact) mass is 517 g/mol. The Bertz CT molecular complexity index is 1380. The lowest BCUT2D eigenvalue weighted by atomic mass is 10.0. The van der Waals surface area contributed by atoms with Gasteiger partial charge in [-0.15, -0.1) is 0 Å². The number of ether oxygens (including phenoxy) is 1. The highest BCUT2D eigenvalue weighted by atomic mass is 35.5. The Morgan fingerprint density at radius 3 is 2.45 bits per heavy atom. The van der Waals surface area contributed by atoms with Crippen LogP contribution in [0.2, 0.25) is 10.0 Å². The molecule has 1 aliphatic rings. The van der Waals surface area contributed by atoms with Crippen LogP contribution in [0.15, 0.2) is 64.0 Å². The Morgan fingerprint density at radius 2 is 1.82 bits per heavy atom. The predicted octanol–water partition coefficient (Wildman–Crippen LogP) is 5.94. The van der Waals surface area contributed by atoms with Crippen molar-refractivity contribution >= 4 is 38.9 Å². The number of hydrogen-bond donors (Lipinski definition) is 1. The number of methoxy groups -OCH3 is 1. The molecule has 6 nitrogen and oxygen atoms in total. The Hall–Kier alpha value is -2.69. The molecule has 33 heavy (non-hydrogen) atoms. The van der Waals surface area contributed by atoms with Crippen molar-refractivity contribution < 1.29 is 26.3 Å². The second-order valence-electron chi connectivity index (χ2n) is 7.23. The molecule has 0 fully saturated rings. The van der Waals surface area contributed by atoms with E-state index in [1.54, 1.807) is 6.07 Å². The first-order chi connectivity index (χ1) is 15.4. The Kier molecular flexibility index (Phi) is 5.88. The third-order valence-electron chi connectivity index (χ3n) is 5.10. The summed E-state index contributed by atoms with van der Waals surface area (Å²) in [5, 5.41) is 6.76. The molecule has 0 amide bonds. The fourth-order valence-corrected chi connectivity index (χ4v) is 5.69. The molecule has 2 heterocycles. The highest BCUT2D eigenvalue weighted by Gasteiger charge is 2.41. The summed E-state index contributed by atoms with van der Waals surface area (Å²) in [5.74, 6) is 0.295. The lowest BCUT2D eigenvalue weighted by Gasteiger charge is -2.30. The molecule has 4 rings (SSSR count). The summed E-state index contributed by atoms with van der Waals surface area (Å²) < 4.78 is 73.8. The van der Waals surface area contributed by atoms with Gasteiger partial charge in [-0.1, -0.05) is 35.3 Å². The lowest BCUT2D eigenvalue weighted by Crippen LogP contribution is -2.29. The van der Waals surface area contributed by atoms with Crippen molar-refractivity contribution in [1.29, 1.82) is 0 Å². The highest BCUT2D eigenvalue weighted by molar-refractivity contribution is 7.95. The number of halogens is 5. The molecule has 0 radical (unpaired) electrons. The number of anilines is 1. The summed E-state index contributed by atoms with van der Waals surface area (Å²) in [6, 6.07) is 9.74. The van der Waals surface area contributed by atoms with Crippen molar-refractivity contribution in [2.75, 3.05) is 12.4 Å². The van der Waals surface area contributed by atoms with E-state index in [1.165, 1.54) is 50.4 Å². The minimum atomic E-state index is -4.73. The lowest BCUT2D eigenvalue weighted by molar-refractivity contribution is -0.141. The second-order valence-corrected chi connectivity index (χ2v) is 9.96. The van der Waals surface area contributed by atoms with Crippen LogP contribution in [0.1, 0.15) is 24.2 Å². The molecule has 1 aliphatic heterocycles. The van der Waals surface area contributed by atoms with E-state index in [2.05, 4.69) is 10.4 Å². The fraction of sp³-hybridized carbons (Fsp3) is 0.190. The van der Waals surface area contributed by atoms with Crippen LogP contribution in [-0.2, 0) is 16.0 Å². The first-order valence-electron chi connectivity index (χ1n) is 9.42. The highest BCUT2D eigenvalue weighted by Crippen LogP contribution is 2.44. The molecule has 1 aromatic heterocycles. The predicted molar refractivity (Wildman–Crippen MR) is 118 cm³/mol. The number of hydrogen-bond acceptors (Lipinski definition) is 5. The number of nitrogens with one attached hydrogen (secondary N) is 1. The number of rotatable bonds is 4. The van der Waals surface area contributed by atoms with Crippen LogP contribution in [0.5, 0.6) is 5.75 Å². The van der Waals surface area contributed by atoms with E-state index in [9.17, 15) is 21.6 Å². The summed E-state index contributed by atoms with van der Waals surface area (Å²) >= 11 is 12.2. The number of alkyl halides is 3. The van der Waals surface area contributed by atoms with E-state index in [1.807, 2.05) is 0 Å². The summed E-state index contributed by atoms with van der Waals surface area (Å²) in [7, 11) is -2.82. The quantitative estimate of drug-likeness (QED) is 0.463. The molecule has 0 saturated heterocycles. The van der Waals surface area contributed by atoms with E-state index in [-0.39, 0.29) is 31.4 Å². The van der Waals surface area contributed by atoms with Gasteiger partial charge in [-0.25, -0.2) is 13.1 Å². The van der Waals surface area contributed by atoms with Gasteiger partial charge in [0, 0.05) is 11.8 Å². The zero-order valence-corrected chi connectivity index (χ0v) is 19.4. The van der Waals surface area contributed by atoms with E-state index < -0.39 is 27.7 Å². The van der Waals surface area contributed by atoms with Crippen molar-refractivity contribution in [3.63, 3.8) is 0 Å². The summed E-state index contributed by atoms with van der Waals surface area (Å²) in [6.45, 7) is 1.47. The zero-order valence-electron chi connectivity index (χ0n) is 17.1. The van der Waals surface area contributed by atoms with Crippen LogP contribution in [0, 0.1) is 0 Å². The van der Waals surface area contributed by atoms with E-state index in [4.69, 9.17) is 27.9 Å². The normalized spacial score (nSPS) is 16.4. The topological polar surface area (TPSA) is 73.2 Å². The number of allylic oxidation sites excluding steroid dienone is 2. The SMILES string of the molecule is COc1cccc(S(=O)(=O)C2=C(C)Nc3cc(C(F)(F)F)nn3C2c2ccc(Cl)c(Cl)c2)c1. The molecule has 1 atom stereocenters. The standard InChI is InChI=1S/C21H16Cl2F3N3O3S/c1-11-20(33(30,31)14-5-3-4-13(9-14)32-2)19(12-6-7-15(22)16(23)8-12)29-18(27-11)10-17(28-29)21(24,25)26/h3-10,19,27H,1-2H3. The van der Waals surface area contributed by atoms with Gasteiger partial charge in [0.15, 0.2) is 5.69 Å². The van der Waals surface area contributed by atoms with Crippen LogP contribution in [-0.4, -0.2) is 25.3 Å². The van der Waals surface area contributed by atoms with Crippen molar-refractivity contribution in [2.45, 2.75) is 24.0 Å². The Labute approximate surface area is 197 Å². The molecule has 0 spiro atoms. The van der Waals surface area contributed by atoms with Crippen LogP contribution >= 0.6 is 23.2 Å². The van der Waals surface area contributed by atoms with Gasteiger partial charge < -0.3 is 10.1 Å². The molecule has 3 aromatic rings. The molecule has 12 heteroatoms. The van der Waals surface area contributed by atoms with Crippen molar-refractivity contribution in [2.24, 2.45) is 0 Å². The Morgan fingerprint density at radius 1 is 1.09 bits per heavy atom. The zero-order chi connectivity index (χ0) is 24.1. The fourth-order valence-electron chi connectivity index (χ4n) is 3.61. The third kappa shape index (κ3) is 4.18. The van der Waals surface area contributed by atoms with Gasteiger partial charge in [0.2, 0.25) is 9.84 Å². The van der Waals surface area contributed by atoms with Gasteiger partial charge in [-0.3, -0.25) is 0 Å². The molecule has 0 saturated carbocycles. The van der Waals surface area contributed by atoms with E-state index >= 15 is 0 Å². The average molecular weight is 518 g/mol. The average Bonchev–Trinajstić information content (AvgIpc) is 3.19. The molecular formula is C21H16Cl2F3N3O3S. The van der Waals surface area contributed by atoms with Gasteiger partial charge in [0.25, 0.3) is 0 Å². The molecule has 0 bridgehead atoms. The summed E-state index contributed by atoms with van der Waals surface area (Å²) in [4.78, 5) is -0.270. The van der Waals surface area contributed by atoms with Gasteiger partial charge in [0.05, 0.1) is 27.0 Å². The van der Waals surface area contributed by atoms with Crippen LogP contribution in [0.3, 0.4) is 0 Å². The van der Waals surface area contributed by atoms with Crippen LogP contribution in [0.4, 0.5) is 19.0 Å². The molecular weight excluding hydrogens is 502 g/mol. The third-order valence-corrected chi connectivity index (χ3v) is 7.83. The van der Waals surface area contributed by atoms with Gasteiger partial charge in [-0.2, -0.15) is 18.3 Å². The minimum absolute atomic E-state index is 0.0134. The first kappa shape index (κ1) is 23.5. The van der Waals surface area contributed by atoms with Crippen LogP contribution in [0.25, 0.3) is 0 Å². The Balaban J connectivity index is 1.97. The van der Waals surface area contributed by atoms with Crippen LogP contribution < -0.4 is 10.1 Å². The molecule has 2 aromatic carbocycles. The van der Waals surface area contributed by atoms with Crippen molar-refractivity contribution in [3.8, 4) is 5.75 Å². The maximum Gasteiger partial charge on any atom is 0.435 e. The maximum absolute atomic E-state index is 13.7. The van der Waals surface area contributed by atoms with Gasteiger partial charge in [-0.05, 0) is 42.8 Å². The number of sulfone groups is 1. The molecule has 174 valence electrons. The number of fused-ring (bicyclic) bond motifs is 1. The number of aromatic nitrogens is 2. The molecule has 0 aliphatic carbocycles. The number of benzene rings is 2. The second kappa shape index (κ2) is 8.27. The van der Waals surface area contributed by atoms with Crippen molar-refractivity contribution in [3.05, 3.63) is 80.4 Å².